The van der Waals surface area contributed by atoms with Crippen molar-refractivity contribution in [1.29, 1.82) is 0 Å². The summed E-state index contributed by atoms with van der Waals surface area (Å²) >= 11 is 6.13. The Bertz CT molecular complexity index is 470. The molecule has 0 bridgehead atoms. The van der Waals surface area contributed by atoms with Gasteiger partial charge in [-0.25, -0.2) is 8.42 Å². The lowest BCUT2D eigenvalue weighted by atomic mass is 10.1. The van der Waals surface area contributed by atoms with Crippen molar-refractivity contribution >= 4 is 21.4 Å². The second kappa shape index (κ2) is 5.74. The van der Waals surface area contributed by atoms with E-state index in [1.807, 2.05) is 24.3 Å². The fraction of sp³-hybridized carbons (Fsp3) is 0.500. The lowest BCUT2D eigenvalue weighted by Gasteiger charge is -2.16. The van der Waals surface area contributed by atoms with E-state index in [4.69, 9.17) is 16.3 Å². The average molecular weight is 277 g/mol. The highest BCUT2D eigenvalue weighted by Gasteiger charge is 2.24. The van der Waals surface area contributed by atoms with Gasteiger partial charge in [-0.05, 0) is 31.0 Å². The van der Waals surface area contributed by atoms with Crippen LogP contribution in [0.1, 0.15) is 12.5 Å². The quantitative estimate of drug-likeness (QED) is 0.775. The molecule has 0 aliphatic carbocycles. The predicted molar refractivity (Wildman–Crippen MR) is 70.6 cm³/mol. The second-order valence-corrected chi connectivity index (χ2v) is 7.07. The molecule has 0 saturated heterocycles. The van der Waals surface area contributed by atoms with E-state index >= 15 is 0 Å². The Balaban J connectivity index is 2.77. The molecule has 0 aliphatic rings. The van der Waals surface area contributed by atoms with E-state index in [1.165, 1.54) is 6.26 Å². The Morgan fingerprint density at radius 3 is 2.59 bits per heavy atom. The molecule has 3 nitrogen and oxygen atoms in total. The number of benzene rings is 1. The zero-order chi connectivity index (χ0) is 13.1. The molecule has 1 aromatic rings. The molecule has 0 spiro atoms. The first kappa shape index (κ1) is 14.3. The summed E-state index contributed by atoms with van der Waals surface area (Å²) in [6.07, 6.45) is 1.71. The lowest BCUT2D eigenvalue weighted by molar-refractivity contribution is 0.414. The zero-order valence-corrected chi connectivity index (χ0v) is 11.8. The number of hydrogen-bond donors (Lipinski definition) is 0. The van der Waals surface area contributed by atoms with E-state index in [9.17, 15) is 8.42 Å². The van der Waals surface area contributed by atoms with E-state index in [1.54, 1.807) is 14.0 Å². The summed E-state index contributed by atoms with van der Waals surface area (Å²) in [6.45, 7) is 1.63. The minimum absolute atomic E-state index is 0.433. The summed E-state index contributed by atoms with van der Waals surface area (Å²) < 4.78 is 27.9. The summed E-state index contributed by atoms with van der Waals surface area (Å²) in [5, 5.41) is -0.993. The van der Waals surface area contributed by atoms with Crippen LogP contribution in [0.25, 0.3) is 0 Å². The molecule has 0 aliphatic heterocycles. The number of ether oxygens (including phenoxy) is 1. The largest absolute Gasteiger partial charge is 0.497 e. The van der Waals surface area contributed by atoms with Crippen LogP contribution in [0.4, 0.5) is 0 Å². The van der Waals surface area contributed by atoms with Crippen molar-refractivity contribution in [3.8, 4) is 5.75 Å². The molecular formula is C12H17ClO3S. The highest BCUT2D eigenvalue weighted by molar-refractivity contribution is 7.91. The maximum atomic E-state index is 11.4. The van der Waals surface area contributed by atoms with Gasteiger partial charge in [0.25, 0.3) is 0 Å². The molecular weight excluding hydrogens is 260 g/mol. The maximum absolute atomic E-state index is 11.4. The van der Waals surface area contributed by atoms with Gasteiger partial charge in [0, 0.05) is 6.26 Å². The van der Waals surface area contributed by atoms with E-state index < -0.39 is 20.5 Å². The fourth-order valence-corrected chi connectivity index (χ4v) is 2.83. The normalized spacial score (nSPS) is 15.3. The molecule has 0 fully saturated rings. The Kier molecular flexibility index (Phi) is 4.83. The van der Waals surface area contributed by atoms with Crippen LogP contribution in [-0.4, -0.2) is 32.4 Å². The van der Waals surface area contributed by atoms with Gasteiger partial charge >= 0.3 is 0 Å². The zero-order valence-electron chi connectivity index (χ0n) is 10.2. The van der Waals surface area contributed by atoms with Crippen LogP contribution in [0.15, 0.2) is 24.3 Å². The second-order valence-electron chi connectivity index (χ2n) is 4.11. The third-order valence-electron chi connectivity index (χ3n) is 2.75. The van der Waals surface area contributed by atoms with Gasteiger partial charge in [-0.3, -0.25) is 0 Å². The van der Waals surface area contributed by atoms with Crippen LogP contribution >= 0.6 is 11.6 Å². The van der Waals surface area contributed by atoms with Gasteiger partial charge in [0.2, 0.25) is 0 Å². The van der Waals surface area contributed by atoms with Crippen LogP contribution in [0, 0.1) is 0 Å². The van der Waals surface area contributed by atoms with E-state index in [0.717, 1.165) is 11.3 Å². The van der Waals surface area contributed by atoms with Gasteiger partial charge in [0.05, 0.1) is 17.7 Å². The summed E-state index contributed by atoms with van der Waals surface area (Å²) in [6, 6.07) is 7.48. The monoisotopic (exact) mass is 276 g/mol. The molecule has 2 unspecified atom stereocenters. The van der Waals surface area contributed by atoms with E-state index in [-0.39, 0.29) is 0 Å². The van der Waals surface area contributed by atoms with Crippen LogP contribution < -0.4 is 4.74 Å². The van der Waals surface area contributed by atoms with Crippen molar-refractivity contribution in [3.63, 3.8) is 0 Å². The van der Waals surface area contributed by atoms with Crippen molar-refractivity contribution in [2.45, 2.75) is 24.0 Å². The molecule has 5 heteroatoms. The van der Waals surface area contributed by atoms with Crippen LogP contribution in [0.5, 0.6) is 5.75 Å². The molecule has 0 aromatic heterocycles. The van der Waals surface area contributed by atoms with Crippen molar-refractivity contribution < 1.29 is 13.2 Å². The maximum Gasteiger partial charge on any atom is 0.151 e. The first-order valence-corrected chi connectivity index (χ1v) is 7.69. The first-order valence-electron chi connectivity index (χ1n) is 5.30. The molecule has 0 heterocycles. The number of methoxy groups -OCH3 is 1. The number of rotatable bonds is 5. The van der Waals surface area contributed by atoms with E-state index in [0.29, 0.717) is 6.42 Å². The summed E-state index contributed by atoms with van der Waals surface area (Å²) in [5.41, 5.74) is 0.972. The Morgan fingerprint density at radius 2 is 2.06 bits per heavy atom. The molecule has 2 atom stereocenters. The Hall–Kier alpha value is -0.740. The first-order chi connectivity index (χ1) is 7.84. The Labute approximate surface area is 108 Å². The lowest BCUT2D eigenvalue weighted by Crippen LogP contribution is -2.28. The number of hydrogen-bond acceptors (Lipinski definition) is 3. The average Bonchev–Trinajstić information content (AvgIpc) is 2.27. The van der Waals surface area contributed by atoms with Gasteiger partial charge in [0.1, 0.15) is 5.75 Å². The molecule has 1 aromatic carbocycles. The molecule has 96 valence electrons. The van der Waals surface area contributed by atoms with Gasteiger partial charge in [0.15, 0.2) is 9.84 Å². The molecule has 0 N–H and O–H groups in total. The van der Waals surface area contributed by atoms with Gasteiger partial charge < -0.3 is 4.74 Å². The highest BCUT2D eigenvalue weighted by Crippen LogP contribution is 2.19. The standard InChI is InChI=1S/C12H17ClO3S/c1-9(17(3,14)15)12(13)8-10-5-4-6-11(7-10)16-2/h4-7,9,12H,8H2,1-3H3. The molecule has 17 heavy (non-hydrogen) atoms. The summed E-state index contributed by atoms with van der Waals surface area (Å²) in [4.78, 5) is 0. The molecule has 1 rings (SSSR count). The number of halogens is 1. The van der Waals surface area contributed by atoms with Crippen molar-refractivity contribution in [3.05, 3.63) is 29.8 Å². The highest BCUT2D eigenvalue weighted by atomic mass is 35.5. The molecule has 0 radical (unpaired) electrons. The number of sulfone groups is 1. The van der Waals surface area contributed by atoms with Crippen molar-refractivity contribution in [2.75, 3.05) is 13.4 Å². The molecule has 0 amide bonds. The fourth-order valence-electron chi connectivity index (χ4n) is 1.46. The van der Waals surface area contributed by atoms with Crippen LogP contribution in [-0.2, 0) is 16.3 Å². The van der Waals surface area contributed by atoms with Crippen LogP contribution in [0.2, 0.25) is 0 Å². The third-order valence-corrected chi connectivity index (χ3v) is 5.11. The minimum Gasteiger partial charge on any atom is -0.497 e. The summed E-state index contributed by atoms with van der Waals surface area (Å²) in [7, 11) is -1.51. The third kappa shape index (κ3) is 4.21. The predicted octanol–water partition coefficient (Wildman–Crippen LogP) is 2.28. The van der Waals surface area contributed by atoms with Crippen molar-refractivity contribution in [2.24, 2.45) is 0 Å². The van der Waals surface area contributed by atoms with Gasteiger partial charge in [-0.1, -0.05) is 12.1 Å². The Morgan fingerprint density at radius 1 is 1.41 bits per heavy atom. The smallest absolute Gasteiger partial charge is 0.151 e. The van der Waals surface area contributed by atoms with Gasteiger partial charge in [-0.2, -0.15) is 0 Å². The molecule has 0 saturated carbocycles. The minimum atomic E-state index is -3.10. The topological polar surface area (TPSA) is 43.4 Å². The van der Waals surface area contributed by atoms with Crippen molar-refractivity contribution in [1.82, 2.24) is 0 Å². The van der Waals surface area contributed by atoms with Gasteiger partial charge in [-0.15, -0.1) is 11.6 Å². The summed E-state index contributed by atoms with van der Waals surface area (Å²) in [5.74, 6) is 0.748. The van der Waals surface area contributed by atoms with E-state index in [2.05, 4.69) is 0 Å². The number of alkyl halides is 1. The SMILES string of the molecule is COc1cccc(CC(Cl)C(C)S(C)(=O)=O)c1. The van der Waals surface area contributed by atoms with Crippen LogP contribution in [0.3, 0.4) is 0 Å².